The van der Waals surface area contributed by atoms with E-state index >= 15 is 0 Å². The molecule has 0 amide bonds. The molecule has 0 aromatic heterocycles. The van der Waals surface area contributed by atoms with E-state index in [0.29, 0.717) is 21.7 Å². The van der Waals surface area contributed by atoms with Crippen LogP contribution in [0, 0.1) is 21.7 Å². The fourth-order valence-electron chi connectivity index (χ4n) is 6.64. The van der Waals surface area contributed by atoms with Gasteiger partial charge >= 0.3 is 0 Å². The molecule has 2 heterocycles. The maximum Gasteiger partial charge on any atom is 0.185 e. The van der Waals surface area contributed by atoms with Gasteiger partial charge in [0.05, 0.1) is 0 Å². The highest BCUT2D eigenvalue weighted by atomic mass is 15.2. The molecule has 0 saturated carbocycles. The SMILES string of the molecule is BN1CCN2CCN(CCNCC(C)(C)CC(C)(C)C2)CC(C)(C)CC(C)(C)C1. The highest BCUT2D eigenvalue weighted by Crippen LogP contribution is 2.36. The number of nitrogens with one attached hydrogen (secondary N) is 1. The fourth-order valence-corrected chi connectivity index (χ4v) is 6.64. The minimum Gasteiger partial charge on any atom is -0.347 e. The van der Waals surface area contributed by atoms with Crippen molar-refractivity contribution in [3.8, 4) is 0 Å². The van der Waals surface area contributed by atoms with Gasteiger partial charge in [0.1, 0.15) is 0 Å². The van der Waals surface area contributed by atoms with E-state index in [2.05, 4.69) is 83.3 Å². The first-order chi connectivity index (χ1) is 13.2. The first kappa shape index (κ1) is 25.2. The fraction of sp³-hybridized carbons (Fsp3) is 1.00. The molecule has 1 N–H and O–H groups in total. The van der Waals surface area contributed by atoms with Crippen molar-refractivity contribution in [3.05, 3.63) is 0 Å². The maximum atomic E-state index is 3.79. The Morgan fingerprint density at radius 3 is 1.62 bits per heavy atom. The molecular formula is C24H51BN4. The van der Waals surface area contributed by atoms with Gasteiger partial charge in [-0.05, 0) is 47.6 Å². The average molecular weight is 407 g/mol. The molecule has 0 aliphatic carbocycles. The summed E-state index contributed by atoms with van der Waals surface area (Å²) in [4.78, 5) is 8.08. The topological polar surface area (TPSA) is 21.8 Å². The van der Waals surface area contributed by atoms with E-state index in [1.807, 2.05) is 0 Å². The second kappa shape index (κ2) is 9.59. The molecular weight excluding hydrogens is 355 g/mol. The first-order valence-electron chi connectivity index (χ1n) is 12.0. The van der Waals surface area contributed by atoms with Crippen molar-refractivity contribution >= 4 is 7.98 Å². The zero-order valence-corrected chi connectivity index (χ0v) is 21.3. The van der Waals surface area contributed by atoms with Gasteiger partial charge in [0.15, 0.2) is 7.98 Å². The van der Waals surface area contributed by atoms with Crippen LogP contribution in [0.1, 0.15) is 68.2 Å². The molecule has 2 unspecified atom stereocenters. The summed E-state index contributed by atoms with van der Waals surface area (Å²) in [6.45, 7) is 31.4. The molecule has 0 aromatic carbocycles. The molecule has 0 radical (unpaired) electrons. The summed E-state index contributed by atoms with van der Waals surface area (Å²) in [6, 6.07) is 0. The number of nitrogens with zero attached hydrogens (tertiary/aromatic N) is 3. The van der Waals surface area contributed by atoms with Gasteiger partial charge in [-0.2, -0.15) is 0 Å². The standard InChI is InChI=1S/C24H51BN4/c1-21(2)15-22(3,4)19-28-12-11-27(10-9-26-17-21)18-23(5,6)16-24(7,8)20-29(25)14-13-28/h26H,9-20,25H2,1-8H3. The first-order valence-corrected chi connectivity index (χ1v) is 12.0. The Hall–Kier alpha value is -0.0951. The van der Waals surface area contributed by atoms with Crippen molar-refractivity contribution in [2.45, 2.75) is 68.2 Å². The molecule has 2 fully saturated rings. The molecule has 0 spiro atoms. The Balaban J connectivity index is 2.26. The highest BCUT2D eigenvalue weighted by molar-refractivity contribution is 6.04. The van der Waals surface area contributed by atoms with Crippen molar-refractivity contribution in [1.29, 1.82) is 0 Å². The molecule has 2 aliphatic heterocycles. The zero-order chi connectivity index (χ0) is 21.9. The van der Waals surface area contributed by atoms with Gasteiger partial charge in [0, 0.05) is 52.4 Å². The quantitative estimate of drug-likeness (QED) is 0.625. The van der Waals surface area contributed by atoms with Crippen LogP contribution < -0.4 is 5.32 Å². The van der Waals surface area contributed by atoms with E-state index in [4.69, 9.17) is 0 Å². The number of hydrogen-bond acceptors (Lipinski definition) is 4. The van der Waals surface area contributed by atoms with Gasteiger partial charge in [0.2, 0.25) is 0 Å². The monoisotopic (exact) mass is 406 g/mol. The van der Waals surface area contributed by atoms with Crippen LogP contribution in [0.2, 0.25) is 0 Å². The summed E-state index contributed by atoms with van der Waals surface area (Å²) in [5, 5.41) is 3.79. The Morgan fingerprint density at radius 1 is 0.586 bits per heavy atom. The lowest BCUT2D eigenvalue weighted by Gasteiger charge is -2.44. The van der Waals surface area contributed by atoms with Crippen molar-refractivity contribution in [2.75, 3.05) is 65.4 Å². The van der Waals surface area contributed by atoms with Crippen molar-refractivity contribution in [2.24, 2.45) is 21.7 Å². The normalized spacial score (nSPS) is 34.2. The third-order valence-corrected chi connectivity index (χ3v) is 6.65. The number of rotatable bonds is 0. The lowest BCUT2D eigenvalue weighted by atomic mass is 9.73. The van der Waals surface area contributed by atoms with Gasteiger partial charge in [-0.15, -0.1) is 0 Å². The summed E-state index contributed by atoms with van der Waals surface area (Å²) in [7, 11) is 2.32. The highest BCUT2D eigenvalue weighted by Gasteiger charge is 2.34. The van der Waals surface area contributed by atoms with E-state index in [-0.39, 0.29) is 0 Å². The smallest absolute Gasteiger partial charge is 0.185 e. The summed E-state index contributed by atoms with van der Waals surface area (Å²) in [5.41, 5.74) is 1.36. The van der Waals surface area contributed by atoms with Crippen LogP contribution in [0.15, 0.2) is 0 Å². The van der Waals surface area contributed by atoms with E-state index in [9.17, 15) is 0 Å². The minimum atomic E-state index is 0.337. The largest absolute Gasteiger partial charge is 0.347 e. The van der Waals surface area contributed by atoms with E-state index in [0.717, 1.165) is 19.6 Å². The number of hydrogen-bond donors (Lipinski definition) is 1. The van der Waals surface area contributed by atoms with E-state index < -0.39 is 0 Å². The molecule has 5 heteroatoms. The predicted molar refractivity (Wildman–Crippen MR) is 130 cm³/mol. The van der Waals surface area contributed by atoms with Crippen LogP contribution in [0.4, 0.5) is 0 Å². The Labute approximate surface area is 183 Å². The van der Waals surface area contributed by atoms with Crippen molar-refractivity contribution in [1.82, 2.24) is 19.9 Å². The van der Waals surface area contributed by atoms with Crippen LogP contribution in [0.3, 0.4) is 0 Å². The minimum absolute atomic E-state index is 0.337. The molecule has 29 heavy (non-hydrogen) atoms. The molecule has 2 aliphatic rings. The predicted octanol–water partition coefficient (Wildman–Crippen LogP) is 2.94. The zero-order valence-electron chi connectivity index (χ0n) is 21.3. The van der Waals surface area contributed by atoms with Crippen molar-refractivity contribution in [3.63, 3.8) is 0 Å². The van der Waals surface area contributed by atoms with Crippen molar-refractivity contribution < 1.29 is 0 Å². The lowest BCUT2D eigenvalue weighted by Crippen LogP contribution is -2.50. The van der Waals surface area contributed by atoms with Gasteiger partial charge in [-0.1, -0.05) is 55.4 Å². The molecule has 2 saturated heterocycles. The summed E-state index contributed by atoms with van der Waals surface area (Å²) >= 11 is 0. The molecule has 0 aromatic rings. The van der Waals surface area contributed by atoms with Crippen LogP contribution >= 0.6 is 0 Å². The Kier molecular flexibility index (Phi) is 8.32. The molecule has 2 bridgehead atoms. The third-order valence-electron chi connectivity index (χ3n) is 6.65. The molecule has 170 valence electrons. The second-order valence-electron chi connectivity index (χ2n) is 13.5. The summed E-state index contributed by atoms with van der Waals surface area (Å²) in [5.74, 6) is 0. The van der Waals surface area contributed by atoms with Crippen LogP contribution in [0.25, 0.3) is 0 Å². The average Bonchev–Trinajstić information content (AvgIpc) is 2.48. The van der Waals surface area contributed by atoms with Crippen LogP contribution in [-0.2, 0) is 0 Å². The van der Waals surface area contributed by atoms with Gasteiger partial charge in [-0.25, -0.2) is 0 Å². The van der Waals surface area contributed by atoms with Gasteiger partial charge < -0.3 is 19.9 Å². The lowest BCUT2D eigenvalue weighted by molar-refractivity contribution is 0.0665. The summed E-state index contributed by atoms with van der Waals surface area (Å²) in [6.07, 6.45) is 2.54. The van der Waals surface area contributed by atoms with E-state index in [1.54, 1.807) is 0 Å². The maximum absolute atomic E-state index is 3.79. The van der Waals surface area contributed by atoms with Crippen LogP contribution in [-0.4, -0.2) is 88.0 Å². The summed E-state index contributed by atoms with van der Waals surface area (Å²) < 4.78 is 0. The number of fused-ring (bicyclic) bond motifs is 3. The van der Waals surface area contributed by atoms with Gasteiger partial charge in [-0.3, -0.25) is 0 Å². The van der Waals surface area contributed by atoms with E-state index in [1.165, 1.54) is 58.7 Å². The second-order valence-corrected chi connectivity index (χ2v) is 13.5. The molecule has 2 atom stereocenters. The Bertz CT molecular complexity index is 515. The van der Waals surface area contributed by atoms with Crippen LogP contribution in [0.5, 0.6) is 0 Å². The molecule has 2 rings (SSSR count). The van der Waals surface area contributed by atoms with Gasteiger partial charge in [0.25, 0.3) is 0 Å². The third kappa shape index (κ3) is 9.29. The molecule has 4 nitrogen and oxygen atoms in total. The Morgan fingerprint density at radius 2 is 1.03 bits per heavy atom.